The number of amides is 2. The Balaban J connectivity index is 1.82. The molecular formula is C17H21ClN2O4. The largest absolute Gasteiger partial charge is 0.465 e. The van der Waals surface area contributed by atoms with Gasteiger partial charge in [-0.1, -0.05) is 23.7 Å². The van der Waals surface area contributed by atoms with Gasteiger partial charge in [0.25, 0.3) is 0 Å². The van der Waals surface area contributed by atoms with Crippen molar-refractivity contribution >= 4 is 23.6 Å². The maximum absolute atomic E-state index is 12.7. The Bertz CT molecular complexity index is 616. The Morgan fingerprint density at radius 2 is 2.00 bits per heavy atom. The highest BCUT2D eigenvalue weighted by molar-refractivity contribution is 6.30. The van der Waals surface area contributed by atoms with Crippen LogP contribution in [0.25, 0.3) is 0 Å². The maximum atomic E-state index is 12.7. The van der Waals surface area contributed by atoms with Crippen molar-refractivity contribution in [3.8, 4) is 0 Å². The first-order valence-electron chi connectivity index (χ1n) is 8.05. The molecule has 2 heterocycles. The Morgan fingerprint density at radius 1 is 1.29 bits per heavy atom. The van der Waals surface area contributed by atoms with Crippen molar-refractivity contribution in [3.05, 3.63) is 34.9 Å². The highest BCUT2D eigenvalue weighted by Gasteiger charge is 2.42. The molecule has 1 unspecified atom stereocenters. The van der Waals surface area contributed by atoms with E-state index in [1.807, 2.05) is 12.1 Å². The predicted molar refractivity (Wildman–Crippen MR) is 89.3 cm³/mol. The van der Waals surface area contributed by atoms with Crippen molar-refractivity contribution < 1.29 is 19.4 Å². The lowest BCUT2D eigenvalue weighted by molar-refractivity contribution is -0.134. The number of benzene rings is 1. The van der Waals surface area contributed by atoms with Crippen LogP contribution in [0.1, 0.15) is 17.9 Å². The Hall–Kier alpha value is -1.79. The van der Waals surface area contributed by atoms with E-state index in [1.54, 1.807) is 24.1 Å². The van der Waals surface area contributed by atoms with Crippen molar-refractivity contribution in [2.45, 2.75) is 18.4 Å². The molecule has 2 aliphatic heterocycles. The van der Waals surface area contributed by atoms with Crippen LogP contribution in [0.5, 0.6) is 0 Å². The van der Waals surface area contributed by atoms with Gasteiger partial charge in [0.15, 0.2) is 0 Å². The zero-order valence-corrected chi connectivity index (χ0v) is 14.3. The molecule has 1 aromatic carbocycles. The summed E-state index contributed by atoms with van der Waals surface area (Å²) in [6.45, 7) is 1.99. The standard InChI is InChI=1S/C17H21ClN2O4/c1-19(17(22)23)15-9-20(16(21)12-6-7-24-10-12)8-14(15)11-2-4-13(18)5-3-11/h2-5,12,14-15H,6-10H2,1H3,(H,22,23)/t12?,14-,15+/m0/s1. The lowest BCUT2D eigenvalue weighted by atomic mass is 9.94. The lowest BCUT2D eigenvalue weighted by Crippen LogP contribution is -2.42. The fraction of sp³-hybridized carbons (Fsp3) is 0.529. The molecule has 1 N–H and O–H groups in total. The van der Waals surface area contributed by atoms with E-state index < -0.39 is 6.09 Å². The van der Waals surface area contributed by atoms with E-state index in [4.69, 9.17) is 16.3 Å². The molecule has 0 bridgehead atoms. The minimum absolute atomic E-state index is 0.0605. The number of halogens is 1. The monoisotopic (exact) mass is 352 g/mol. The number of nitrogens with zero attached hydrogens (tertiary/aromatic N) is 2. The van der Waals surface area contributed by atoms with E-state index in [2.05, 4.69) is 0 Å². The van der Waals surface area contributed by atoms with E-state index in [-0.39, 0.29) is 23.8 Å². The lowest BCUT2D eigenvalue weighted by Gasteiger charge is -2.26. The second kappa shape index (κ2) is 6.99. The Morgan fingerprint density at radius 3 is 2.58 bits per heavy atom. The minimum atomic E-state index is -0.988. The highest BCUT2D eigenvalue weighted by atomic mass is 35.5. The summed E-state index contributed by atoms with van der Waals surface area (Å²) in [5.41, 5.74) is 0.996. The molecule has 2 amide bonds. The highest BCUT2D eigenvalue weighted by Crippen LogP contribution is 2.33. The van der Waals surface area contributed by atoms with Crippen molar-refractivity contribution in [2.75, 3.05) is 33.4 Å². The maximum Gasteiger partial charge on any atom is 0.407 e. The van der Waals surface area contributed by atoms with Crippen LogP contribution in [-0.2, 0) is 9.53 Å². The van der Waals surface area contributed by atoms with Crippen LogP contribution < -0.4 is 0 Å². The first kappa shape index (κ1) is 17.0. The van der Waals surface area contributed by atoms with Gasteiger partial charge >= 0.3 is 6.09 Å². The molecule has 2 fully saturated rings. The average Bonchev–Trinajstić information content (AvgIpc) is 3.24. The average molecular weight is 353 g/mol. The molecule has 3 atom stereocenters. The number of carboxylic acid groups (broad SMARTS) is 1. The second-order valence-electron chi connectivity index (χ2n) is 6.42. The molecule has 0 saturated carbocycles. The molecule has 2 saturated heterocycles. The van der Waals surface area contributed by atoms with Gasteiger partial charge < -0.3 is 19.6 Å². The number of ether oxygens (including phenoxy) is 1. The van der Waals surface area contributed by atoms with E-state index in [9.17, 15) is 14.7 Å². The van der Waals surface area contributed by atoms with E-state index in [1.165, 1.54) is 4.90 Å². The van der Waals surface area contributed by atoms with Gasteiger partial charge in [0.1, 0.15) is 0 Å². The molecule has 24 heavy (non-hydrogen) atoms. The second-order valence-corrected chi connectivity index (χ2v) is 6.86. The van der Waals surface area contributed by atoms with Crippen LogP contribution in [0.2, 0.25) is 5.02 Å². The van der Waals surface area contributed by atoms with Crippen LogP contribution in [0, 0.1) is 5.92 Å². The summed E-state index contributed by atoms with van der Waals surface area (Å²) in [5.74, 6) is -0.104. The number of carbonyl (C=O) groups excluding carboxylic acids is 1. The summed E-state index contributed by atoms with van der Waals surface area (Å²) in [6, 6.07) is 7.13. The number of carbonyl (C=O) groups is 2. The number of hydrogen-bond donors (Lipinski definition) is 1. The van der Waals surface area contributed by atoms with E-state index in [0.717, 1.165) is 12.0 Å². The molecule has 0 radical (unpaired) electrons. The van der Waals surface area contributed by atoms with Crippen molar-refractivity contribution in [1.82, 2.24) is 9.80 Å². The molecule has 2 aliphatic rings. The summed E-state index contributed by atoms with van der Waals surface area (Å²) in [6.07, 6.45) is -0.252. The molecule has 1 aromatic rings. The zero-order chi connectivity index (χ0) is 17.3. The summed E-state index contributed by atoms with van der Waals surface area (Å²) >= 11 is 5.95. The van der Waals surface area contributed by atoms with Gasteiger partial charge in [-0.05, 0) is 24.1 Å². The fourth-order valence-corrected chi connectivity index (χ4v) is 3.65. The van der Waals surface area contributed by atoms with Crippen LogP contribution >= 0.6 is 11.6 Å². The van der Waals surface area contributed by atoms with Crippen molar-refractivity contribution in [2.24, 2.45) is 5.92 Å². The third kappa shape index (κ3) is 3.35. The first-order valence-corrected chi connectivity index (χ1v) is 8.43. The van der Waals surface area contributed by atoms with Gasteiger partial charge in [-0.2, -0.15) is 0 Å². The third-order valence-corrected chi connectivity index (χ3v) is 5.23. The van der Waals surface area contributed by atoms with Crippen molar-refractivity contribution in [3.63, 3.8) is 0 Å². The Labute approximate surface area is 145 Å². The molecule has 3 rings (SSSR count). The van der Waals surface area contributed by atoms with Gasteiger partial charge in [-0.3, -0.25) is 4.79 Å². The van der Waals surface area contributed by atoms with Gasteiger partial charge in [0, 0.05) is 37.7 Å². The topological polar surface area (TPSA) is 70.1 Å². The number of likely N-dealkylation sites (tertiary alicyclic amines) is 1. The molecule has 7 heteroatoms. The minimum Gasteiger partial charge on any atom is -0.465 e. The normalized spacial score (nSPS) is 26.6. The van der Waals surface area contributed by atoms with E-state index in [0.29, 0.717) is 31.3 Å². The molecule has 6 nitrogen and oxygen atoms in total. The summed E-state index contributed by atoms with van der Waals surface area (Å²) in [4.78, 5) is 27.2. The van der Waals surface area contributed by atoms with Crippen LogP contribution in [0.3, 0.4) is 0 Å². The zero-order valence-electron chi connectivity index (χ0n) is 13.5. The third-order valence-electron chi connectivity index (χ3n) is 4.98. The van der Waals surface area contributed by atoms with Crippen molar-refractivity contribution in [1.29, 1.82) is 0 Å². The van der Waals surface area contributed by atoms with Gasteiger partial charge in [0.05, 0.1) is 18.6 Å². The molecular weight excluding hydrogens is 332 g/mol. The molecule has 0 spiro atoms. The van der Waals surface area contributed by atoms with Gasteiger partial charge in [0.2, 0.25) is 5.91 Å². The molecule has 0 aromatic heterocycles. The van der Waals surface area contributed by atoms with Gasteiger partial charge in [-0.15, -0.1) is 0 Å². The number of rotatable bonds is 3. The smallest absolute Gasteiger partial charge is 0.407 e. The van der Waals surface area contributed by atoms with Gasteiger partial charge in [-0.25, -0.2) is 4.79 Å². The quantitative estimate of drug-likeness (QED) is 0.906. The molecule has 0 aliphatic carbocycles. The number of hydrogen-bond acceptors (Lipinski definition) is 3. The summed E-state index contributed by atoms with van der Waals surface area (Å²) in [7, 11) is 1.56. The number of likely N-dealkylation sites (N-methyl/N-ethyl adjacent to an activating group) is 1. The Kier molecular flexibility index (Phi) is 4.96. The first-order chi connectivity index (χ1) is 11.5. The SMILES string of the molecule is CN(C(=O)O)[C@@H]1CN(C(=O)C2CCOC2)C[C@H]1c1ccc(Cl)cc1. The fourth-order valence-electron chi connectivity index (χ4n) is 3.53. The predicted octanol–water partition coefficient (Wildman–Crippen LogP) is 2.28. The summed E-state index contributed by atoms with van der Waals surface area (Å²) < 4.78 is 5.31. The van der Waals surface area contributed by atoms with Crippen LogP contribution in [0.4, 0.5) is 4.79 Å². The summed E-state index contributed by atoms with van der Waals surface area (Å²) in [5, 5.41) is 10.0. The van der Waals surface area contributed by atoms with E-state index >= 15 is 0 Å². The van der Waals surface area contributed by atoms with Crippen LogP contribution in [-0.4, -0.2) is 66.3 Å². The molecule has 130 valence electrons. The van der Waals surface area contributed by atoms with Crippen LogP contribution in [0.15, 0.2) is 24.3 Å².